The molecule has 6 heteroatoms. The van der Waals surface area contributed by atoms with Crippen LogP contribution in [0.3, 0.4) is 0 Å². The summed E-state index contributed by atoms with van der Waals surface area (Å²) in [4.78, 5) is 4.09. The van der Waals surface area contributed by atoms with E-state index < -0.39 is 0 Å². The molecule has 1 aromatic carbocycles. The lowest BCUT2D eigenvalue weighted by molar-refractivity contribution is 1.31. The third-order valence-corrected chi connectivity index (χ3v) is 2.86. The van der Waals surface area contributed by atoms with Crippen LogP contribution in [0.15, 0.2) is 30.5 Å². The molecule has 1 aromatic heterocycles. The van der Waals surface area contributed by atoms with E-state index in [0.717, 1.165) is 0 Å². The smallest absolute Gasteiger partial charge is 0.130 e. The van der Waals surface area contributed by atoms with Crippen LogP contribution in [0.5, 0.6) is 0 Å². The Hall–Kier alpha value is -1.16. The quantitative estimate of drug-likeness (QED) is 0.807. The first-order chi connectivity index (χ1) is 8.06. The van der Waals surface area contributed by atoms with Crippen LogP contribution >= 0.6 is 34.8 Å². The van der Waals surface area contributed by atoms with Gasteiger partial charge in [-0.25, -0.2) is 4.98 Å². The molecule has 88 valence electrons. The number of aromatic nitrogens is 1. The summed E-state index contributed by atoms with van der Waals surface area (Å²) in [6.45, 7) is 0. The SMILES string of the molecule is Nc1cc(Cl)c(Nc2ccc(Cl)cn2)c(Cl)c1. The minimum atomic E-state index is 0.437. The van der Waals surface area contributed by atoms with Gasteiger partial charge in [0.2, 0.25) is 0 Å². The Morgan fingerprint density at radius 3 is 2.24 bits per heavy atom. The van der Waals surface area contributed by atoms with E-state index in [1.807, 2.05) is 0 Å². The number of hydrogen-bond acceptors (Lipinski definition) is 3. The van der Waals surface area contributed by atoms with Gasteiger partial charge >= 0.3 is 0 Å². The van der Waals surface area contributed by atoms with Crippen molar-refractivity contribution in [2.45, 2.75) is 0 Å². The Balaban J connectivity index is 2.33. The van der Waals surface area contributed by atoms with E-state index in [1.165, 1.54) is 6.20 Å². The fourth-order valence-corrected chi connectivity index (χ4v) is 2.00. The lowest BCUT2D eigenvalue weighted by Crippen LogP contribution is -1.96. The van der Waals surface area contributed by atoms with Gasteiger partial charge in [0, 0.05) is 11.9 Å². The van der Waals surface area contributed by atoms with Gasteiger partial charge in [-0.2, -0.15) is 0 Å². The van der Waals surface area contributed by atoms with Crippen molar-refractivity contribution in [3.8, 4) is 0 Å². The Bertz CT molecular complexity index is 517. The highest BCUT2D eigenvalue weighted by atomic mass is 35.5. The van der Waals surface area contributed by atoms with Gasteiger partial charge in [0.05, 0.1) is 20.8 Å². The zero-order chi connectivity index (χ0) is 12.4. The minimum absolute atomic E-state index is 0.437. The summed E-state index contributed by atoms with van der Waals surface area (Å²) in [7, 11) is 0. The molecule has 0 bridgehead atoms. The first kappa shape index (κ1) is 12.3. The van der Waals surface area contributed by atoms with Crippen molar-refractivity contribution in [2.24, 2.45) is 0 Å². The van der Waals surface area contributed by atoms with E-state index >= 15 is 0 Å². The summed E-state index contributed by atoms with van der Waals surface area (Å²) < 4.78 is 0. The fourth-order valence-electron chi connectivity index (χ4n) is 1.29. The number of halogens is 3. The van der Waals surface area contributed by atoms with E-state index in [4.69, 9.17) is 40.5 Å². The van der Waals surface area contributed by atoms with Crippen LogP contribution in [-0.2, 0) is 0 Å². The van der Waals surface area contributed by atoms with E-state index in [1.54, 1.807) is 24.3 Å². The monoisotopic (exact) mass is 287 g/mol. The Labute approximate surface area is 114 Å². The molecule has 2 rings (SSSR count). The molecule has 0 unspecified atom stereocenters. The van der Waals surface area contributed by atoms with Crippen LogP contribution in [0.2, 0.25) is 15.1 Å². The zero-order valence-electron chi connectivity index (χ0n) is 8.55. The lowest BCUT2D eigenvalue weighted by atomic mass is 10.3. The second kappa shape index (κ2) is 5.00. The van der Waals surface area contributed by atoms with E-state index in [0.29, 0.717) is 32.3 Å². The van der Waals surface area contributed by atoms with Crippen molar-refractivity contribution in [2.75, 3.05) is 11.1 Å². The van der Waals surface area contributed by atoms with Crippen LogP contribution in [-0.4, -0.2) is 4.98 Å². The molecule has 0 aliphatic heterocycles. The van der Waals surface area contributed by atoms with Crippen LogP contribution in [0.25, 0.3) is 0 Å². The molecule has 3 nitrogen and oxygen atoms in total. The average molecular weight is 289 g/mol. The predicted molar refractivity (Wildman–Crippen MR) is 73.4 cm³/mol. The first-order valence-electron chi connectivity index (χ1n) is 4.69. The molecule has 17 heavy (non-hydrogen) atoms. The van der Waals surface area contributed by atoms with Crippen molar-refractivity contribution in [3.05, 3.63) is 45.5 Å². The van der Waals surface area contributed by atoms with Crippen LogP contribution in [0.4, 0.5) is 17.2 Å². The van der Waals surface area contributed by atoms with Crippen molar-refractivity contribution in [3.63, 3.8) is 0 Å². The number of nitrogens with two attached hydrogens (primary N) is 1. The second-order valence-electron chi connectivity index (χ2n) is 3.35. The number of nitrogen functional groups attached to an aromatic ring is 1. The molecule has 1 heterocycles. The molecule has 0 aliphatic rings. The molecule has 0 saturated carbocycles. The van der Waals surface area contributed by atoms with Gasteiger partial charge in [-0.1, -0.05) is 34.8 Å². The van der Waals surface area contributed by atoms with Gasteiger partial charge in [-0.3, -0.25) is 0 Å². The van der Waals surface area contributed by atoms with Gasteiger partial charge in [0.15, 0.2) is 0 Å². The van der Waals surface area contributed by atoms with E-state index in [-0.39, 0.29) is 0 Å². The summed E-state index contributed by atoms with van der Waals surface area (Å²) in [5, 5.41) is 4.44. The number of benzene rings is 1. The fraction of sp³-hybridized carbons (Fsp3) is 0. The molecular weight excluding hydrogens is 281 g/mol. The number of rotatable bonds is 2. The third kappa shape index (κ3) is 2.94. The van der Waals surface area contributed by atoms with Crippen molar-refractivity contribution in [1.82, 2.24) is 4.98 Å². The molecule has 0 radical (unpaired) electrons. The summed E-state index contributed by atoms with van der Waals surface area (Å²) >= 11 is 17.8. The molecular formula is C11H8Cl3N3. The maximum absolute atomic E-state index is 6.04. The van der Waals surface area contributed by atoms with E-state index in [2.05, 4.69) is 10.3 Å². The summed E-state index contributed by atoms with van der Waals surface area (Å²) in [6.07, 6.45) is 1.53. The topological polar surface area (TPSA) is 50.9 Å². The summed E-state index contributed by atoms with van der Waals surface area (Å²) in [6, 6.07) is 6.68. The largest absolute Gasteiger partial charge is 0.399 e. The average Bonchev–Trinajstić information content (AvgIpc) is 2.26. The minimum Gasteiger partial charge on any atom is -0.399 e. The molecule has 0 atom stereocenters. The van der Waals surface area contributed by atoms with Crippen molar-refractivity contribution < 1.29 is 0 Å². The number of nitrogens with zero attached hydrogens (tertiary/aromatic N) is 1. The Morgan fingerprint density at radius 1 is 1.06 bits per heavy atom. The first-order valence-corrected chi connectivity index (χ1v) is 5.83. The van der Waals surface area contributed by atoms with Crippen LogP contribution in [0, 0.1) is 0 Å². The van der Waals surface area contributed by atoms with Crippen LogP contribution < -0.4 is 11.1 Å². The number of nitrogens with one attached hydrogen (secondary N) is 1. The maximum Gasteiger partial charge on any atom is 0.130 e. The molecule has 3 N–H and O–H groups in total. The maximum atomic E-state index is 6.04. The molecule has 2 aromatic rings. The highest BCUT2D eigenvalue weighted by Gasteiger charge is 2.08. The Kier molecular flexibility index (Phi) is 3.62. The van der Waals surface area contributed by atoms with Crippen LogP contribution in [0.1, 0.15) is 0 Å². The lowest BCUT2D eigenvalue weighted by Gasteiger charge is -2.10. The normalized spacial score (nSPS) is 10.3. The number of pyridine rings is 1. The third-order valence-electron chi connectivity index (χ3n) is 2.04. The molecule has 0 saturated heterocycles. The summed E-state index contributed by atoms with van der Waals surface area (Å²) in [5.41, 5.74) is 6.69. The van der Waals surface area contributed by atoms with E-state index in [9.17, 15) is 0 Å². The van der Waals surface area contributed by atoms with Crippen molar-refractivity contribution >= 4 is 52.0 Å². The summed E-state index contributed by atoms with van der Waals surface area (Å²) in [5.74, 6) is 0.600. The Morgan fingerprint density at radius 2 is 1.71 bits per heavy atom. The molecule has 0 aliphatic carbocycles. The molecule has 0 spiro atoms. The number of anilines is 3. The second-order valence-corrected chi connectivity index (χ2v) is 4.60. The highest BCUT2D eigenvalue weighted by molar-refractivity contribution is 6.39. The predicted octanol–water partition coefficient (Wildman–Crippen LogP) is 4.37. The highest BCUT2D eigenvalue weighted by Crippen LogP contribution is 2.34. The van der Waals surface area contributed by atoms with Crippen molar-refractivity contribution in [1.29, 1.82) is 0 Å². The van der Waals surface area contributed by atoms with Gasteiger partial charge in [-0.15, -0.1) is 0 Å². The van der Waals surface area contributed by atoms with Gasteiger partial charge in [-0.05, 0) is 24.3 Å². The standard InChI is InChI=1S/C11H8Cl3N3/c12-6-1-2-10(16-5-6)17-11-8(13)3-7(15)4-9(11)14/h1-5H,15H2,(H,16,17). The number of hydrogen-bond donors (Lipinski definition) is 2. The van der Waals surface area contributed by atoms with Gasteiger partial charge in [0.1, 0.15) is 5.82 Å². The van der Waals surface area contributed by atoms with Gasteiger partial charge < -0.3 is 11.1 Å². The zero-order valence-corrected chi connectivity index (χ0v) is 10.8. The molecule has 0 amide bonds. The van der Waals surface area contributed by atoms with Gasteiger partial charge in [0.25, 0.3) is 0 Å². The molecule has 0 fully saturated rings.